The molecule has 0 saturated heterocycles. The molecule has 1 aliphatic heterocycles. The molecule has 2 aliphatic rings. The van der Waals surface area contributed by atoms with E-state index in [1.807, 2.05) is 0 Å². The van der Waals surface area contributed by atoms with E-state index < -0.39 is 5.97 Å². The second-order valence-corrected chi connectivity index (χ2v) is 7.52. The number of esters is 1. The van der Waals surface area contributed by atoms with Crippen LogP contribution < -0.4 is 14.9 Å². The molecule has 126 valence electrons. The van der Waals surface area contributed by atoms with Gasteiger partial charge in [-0.05, 0) is 18.3 Å². The monoisotopic (exact) mass is 337 g/mol. The average molecular weight is 337 g/mol. The highest BCUT2D eigenvalue weighted by molar-refractivity contribution is 7.07. The molecule has 0 unspecified atom stereocenters. The van der Waals surface area contributed by atoms with Crippen molar-refractivity contribution >= 4 is 23.4 Å². The van der Waals surface area contributed by atoms with Crippen molar-refractivity contribution in [3.05, 3.63) is 19.7 Å². The number of carbonyl (C=O) groups is 1. The van der Waals surface area contributed by atoms with E-state index in [9.17, 15) is 9.59 Å². The Morgan fingerprint density at radius 3 is 2.91 bits per heavy atom. The number of ether oxygens (including phenoxy) is 1. The molecule has 1 aliphatic carbocycles. The van der Waals surface area contributed by atoms with Crippen LogP contribution in [0.2, 0.25) is 0 Å². The summed E-state index contributed by atoms with van der Waals surface area (Å²) < 4.78 is 6.67. The van der Waals surface area contributed by atoms with Crippen LogP contribution in [-0.2, 0) is 16.2 Å². The van der Waals surface area contributed by atoms with E-state index in [2.05, 4.69) is 28.5 Å². The summed E-state index contributed by atoms with van der Waals surface area (Å²) in [4.78, 5) is 31.4. The maximum absolute atomic E-state index is 12.5. The van der Waals surface area contributed by atoms with Crippen LogP contribution in [0, 0.1) is 11.8 Å². The standard InChI is InChI=1S/C16H23N3O3S/c1-10-5-4-6-12(11(10)2)18-8-17-16-19(9-18)15(21)13(23-16)7-14(20)22-3/h7,10-12H,4-6,8-9H2,1-3H3/b13-7+/t10-,11-,12+/m1/s1. The van der Waals surface area contributed by atoms with Crippen molar-refractivity contribution < 1.29 is 9.53 Å². The van der Waals surface area contributed by atoms with Crippen LogP contribution >= 0.6 is 11.3 Å². The Morgan fingerprint density at radius 1 is 1.39 bits per heavy atom. The third-order valence-electron chi connectivity index (χ3n) is 5.18. The van der Waals surface area contributed by atoms with Crippen LogP contribution in [0.4, 0.5) is 0 Å². The van der Waals surface area contributed by atoms with Gasteiger partial charge in [-0.3, -0.25) is 14.3 Å². The molecule has 0 N–H and O–H groups in total. The third kappa shape index (κ3) is 3.12. The number of hydrogen-bond donors (Lipinski definition) is 0. The van der Waals surface area contributed by atoms with Crippen molar-refractivity contribution in [2.45, 2.75) is 45.8 Å². The molecule has 1 aromatic heterocycles. The molecule has 3 atom stereocenters. The summed E-state index contributed by atoms with van der Waals surface area (Å²) in [5, 5.41) is 0. The lowest BCUT2D eigenvalue weighted by atomic mass is 9.77. The molecule has 1 saturated carbocycles. The number of hydrogen-bond acceptors (Lipinski definition) is 6. The van der Waals surface area contributed by atoms with Crippen LogP contribution in [0.5, 0.6) is 0 Å². The molecule has 0 radical (unpaired) electrons. The van der Waals surface area contributed by atoms with Crippen molar-refractivity contribution in [2.75, 3.05) is 13.8 Å². The lowest BCUT2D eigenvalue weighted by molar-refractivity contribution is -0.133. The van der Waals surface area contributed by atoms with Gasteiger partial charge >= 0.3 is 5.97 Å². The Hall–Kier alpha value is -1.47. The number of aromatic nitrogens is 1. The predicted molar refractivity (Wildman–Crippen MR) is 88.5 cm³/mol. The van der Waals surface area contributed by atoms with Gasteiger partial charge in [0.25, 0.3) is 5.56 Å². The summed E-state index contributed by atoms with van der Waals surface area (Å²) in [7, 11) is 1.31. The molecule has 0 bridgehead atoms. The molecule has 6 nitrogen and oxygen atoms in total. The summed E-state index contributed by atoms with van der Waals surface area (Å²) in [5.74, 6) is 0.807. The number of carbonyl (C=O) groups excluding carboxylic acids is 1. The lowest BCUT2D eigenvalue weighted by Gasteiger charge is -2.41. The molecule has 0 aromatic carbocycles. The summed E-state index contributed by atoms with van der Waals surface area (Å²) in [6, 6.07) is 0.468. The van der Waals surface area contributed by atoms with E-state index in [-0.39, 0.29) is 5.56 Å². The van der Waals surface area contributed by atoms with Crippen LogP contribution in [0.25, 0.3) is 6.08 Å². The van der Waals surface area contributed by atoms with Crippen molar-refractivity contribution in [2.24, 2.45) is 16.8 Å². The minimum absolute atomic E-state index is 0.152. The van der Waals surface area contributed by atoms with Gasteiger partial charge in [0, 0.05) is 12.1 Å². The molecule has 1 fully saturated rings. The van der Waals surface area contributed by atoms with Crippen LogP contribution in [-0.4, -0.2) is 35.3 Å². The number of nitrogens with zero attached hydrogens (tertiary/aromatic N) is 3. The Bertz CT molecular complexity index is 767. The van der Waals surface area contributed by atoms with Crippen LogP contribution in [0.3, 0.4) is 0 Å². The van der Waals surface area contributed by atoms with Crippen molar-refractivity contribution in [3.63, 3.8) is 0 Å². The molecule has 2 heterocycles. The zero-order valence-electron chi connectivity index (χ0n) is 13.8. The number of thiazole rings is 1. The van der Waals surface area contributed by atoms with Gasteiger partial charge in [0.05, 0.1) is 20.4 Å². The van der Waals surface area contributed by atoms with Gasteiger partial charge in [0.2, 0.25) is 0 Å². The van der Waals surface area contributed by atoms with Gasteiger partial charge in [-0.15, -0.1) is 0 Å². The Labute approximate surface area is 139 Å². The van der Waals surface area contributed by atoms with E-state index in [0.717, 1.165) is 6.42 Å². The van der Waals surface area contributed by atoms with Gasteiger partial charge in [-0.1, -0.05) is 38.0 Å². The van der Waals surface area contributed by atoms with E-state index in [1.54, 1.807) is 4.57 Å². The highest BCUT2D eigenvalue weighted by Crippen LogP contribution is 2.33. The zero-order chi connectivity index (χ0) is 16.6. The highest BCUT2D eigenvalue weighted by Gasteiger charge is 2.32. The quantitative estimate of drug-likeness (QED) is 0.739. The summed E-state index contributed by atoms with van der Waals surface area (Å²) in [6.45, 7) is 5.80. The van der Waals surface area contributed by atoms with E-state index in [1.165, 1.54) is 37.4 Å². The van der Waals surface area contributed by atoms with E-state index in [4.69, 9.17) is 0 Å². The van der Waals surface area contributed by atoms with Crippen LogP contribution in [0.1, 0.15) is 33.1 Å². The summed E-state index contributed by atoms with van der Waals surface area (Å²) in [5.41, 5.74) is -0.152. The first-order chi connectivity index (χ1) is 11.0. The van der Waals surface area contributed by atoms with Gasteiger partial charge in [0.15, 0.2) is 4.80 Å². The fourth-order valence-corrected chi connectivity index (χ4v) is 4.50. The normalized spacial score (nSPS) is 29.0. The molecular weight excluding hydrogens is 314 g/mol. The number of methoxy groups -OCH3 is 1. The third-order valence-corrected chi connectivity index (χ3v) is 6.23. The first kappa shape index (κ1) is 16.4. The maximum Gasteiger partial charge on any atom is 0.332 e. The van der Waals surface area contributed by atoms with E-state index >= 15 is 0 Å². The van der Waals surface area contributed by atoms with Crippen molar-refractivity contribution in [3.8, 4) is 0 Å². The first-order valence-electron chi connectivity index (χ1n) is 8.09. The zero-order valence-corrected chi connectivity index (χ0v) is 14.6. The van der Waals surface area contributed by atoms with Gasteiger partial charge in [-0.2, -0.15) is 0 Å². The molecule has 3 rings (SSSR count). The SMILES string of the molecule is COC(=O)/C=c1/sc2n(c1=O)CN([C@H]1CCC[C@@H](C)[C@H]1C)CN=2. The lowest BCUT2D eigenvalue weighted by Crippen LogP contribution is -2.50. The fourth-order valence-electron chi connectivity index (χ4n) is 3.57. The topological polar surface area (TPSA) is 63.9 Å². The van der Waals surface area contributed by atoms with Crippen LogP contribution in [0.15, 0.2) is 9.79 Å². The van der Waals surface area contributed by atoms with Gasteiger partial charge in [-0.25, -0.2) is 9.79 Å². The number of fused-ring (bicyclic) bond motifs is 1. The molecular formula is C16H23N3O3S. The Kier molecular flexibility index (Phi) is 4.68. The molecule has 0 amide bonds. The number of rotatable bonds is 2. The van der Waals surface area contributed by atoms with Gasteiger partial charge in [0.1, 0.15) is 4.53 Å². The average Bonchev–Trinajstić information content (AvgIpc) is 2.85. The predicted octanol–water partition coefficient (Wildman–Crippen LogP) is 0.538. The molecule has 7 heteroatoms. The molecule has 1 aromatic rings. The minimum Gasteiger partial charge on any atom is -0.466 e. The molecule has 23 heavy (non-hydrogen) atoms. The van der Waals surface area contributed by atoms with Crippen molar-refractivity contribution in [1.29, 1.82) is 0 Å². The largest absolute Gasteiger partial charge is 0.466 e. The minimum atomic E-state index is -0.507. The second-order valence-electron chi connectivity index (χ2n) is 6.51. The summed E-state index contributed by atoms with van der Waals surface area (Å²) in [6.07, 6.45) is 4.93. The highest BCUT2D eigenvalue weighted by atomic mass is 32.1. The smallest absolute Gasteiger partial charge is 0.332 e. The van der Waals surface area contributed by atoms with Crippen molar-refractivity contribution in [1.82, 2.24) is 9.47 Å². The summed E-state index contributed by atoms with van der Waals surface area (Å²) >= 11 is 1.26. The second kappa shape index (κ2) is 6.57. The Balaban J connectivity index is 1.88. The Morgan fingerprint density at radius 2 is 2.17 bits per heavy atom. The fraction of sp³-hybridized carbons (Fsp3) is 0.688. The van der Waals surface area contributed by atoms with E-state index in [0.29, 0.717) is 40.5 Å². The molecule has 0 spiro atoms. The first-order valence-corrected chi connectivity index (χ1v) is 8.90. The maximum atomic E-state index is 12.5. The van der Waals surface area contributed by atoms with Gasteiger partial charge < -0.3 is 4.74 Å².